The van der Waals surface area contributed by atoms with E-state index in [2.05, 4.69) is 5.32 Å². The fourth-order valence-electron chi connectivity index (χ4n) is 4.30. The maximum Gasteiger partial charge on any atom is 0.226 e. The van der Waals surface area contributed by atoms with Crippen molar-refractivity contribution >= 4 is 33.3 Å². The number of benzene rings is 2. The molecule has 0 saturated heterocycles. The van der Waals surface area contributed by atoms with E-state index < -0.39 is 0 Å². The second-order valence-corrected chi connectivity index (χ2v) is 8.46. The summed E-state index contributed by atoms with van der Waals surface area (Å²) in [5, 5.41) is 8.47. The van der Waals surface area contributed by atoms with Crippen LogP contribution in [-0.4, -0.2) is 42.0 Å². The Hall–Kier alpha value is -3.59. The van der Waals surface area contributed by atoms with Crippen LogP contribution in [0.25, 0.3) is 15.3 Å². The lowest BCUT2D eigenvalue weighted by atomic mass is 9.85. The third-order valence-corrected chi connectivity index (χ3v) is 6.69. The maximum atomic E-state index is 12.8. The SMILES string of the molecule is COc1ccc(C2CC(=O)Nc3c2c(C)nn3-c2nc3ccccc3s2)c(OC)c1OC. The van der Waals surface area contributed by atoms with Gasteiger partial charge >= 0.3 is 0 Å². The van der Waals surface area contributed by atoms with Crippen molar-refractivity contribution in [3.8, 4) is 22.4 Å². The summed E-state index contributed by atoms with van der Waals surface area (Å²) in [5.41, 5.74) is 3.50. The van der Waals surface area contributed by atoms with Crippen molar-refractivity contribution in [3.05, 3.63) is 53.2 Å². The van der Waals surface area contributed by atoms with Crippen molar-refractivity contribution in [2.75, 3.05) is 26.6 Å². The lowest BCUT2D eigenvalue weighted by molar-refractivity contribution is -0.116. The molecular weight excluding hydrogens is 428 g/mol. The van der Waals surface area contributed by atoms with Crippen molar-refractivity contribution in [3.63, 3.8) is 0 Å². The molecule has 1 amide bonds. The zero-order chi connectivity index (χ0) is 22.4. The molecule has 9 heteroatoms. The molecular formula is C23H22N4O4S. The first-order chi connectivity index (χ1) is 15.5. The number of nitrogens with zero attached hydrogens (tertiary/aromatic N) is 3. The van der Waals surface area contributed by atoms with Crippen LogP contribution < -0.4 is 19.5 Å². The summed E-state index contributed by atoms with van der Waals surface area (Å²) in [7, 11) is 4.73. The van der Waals surface area contributed by atoms with Crippen molar-refractivity contribution in [1.82, 2.24) is 14.8 Å². The zero-order valence-electron chi connectivity index (χ0n) is 18.1. The quantitative estimate of drug-likeness (QED) is 0.488. The Kier molecular flexibility index (Phi) is 4.97. The van der Waals surface area contributed by atoms with Gasteiger partial charge in [0.15, 0.2) is 11.5 Å². The van der Waals surface area contributed by atoms with Gasteiger partial charge in [-0.25, -0.2) is 4.98 Å². The molecule has 2 aromatic heterocycles. The summed E-state index contributed by atoms with van der Waals surface area (Å²) in [6, 6.07) is 11.7. The third kappa shape index (κ3) is 3.08. The summed E-state index contributed by atoms with van der Waals surface area (Å²) < 4.78 is 19.5. The van der Waals surface area contributed by atoms with Crippen molar-refractivity contribution in [1.29, 1.82) is 0 Å². The molecule has 8 nitrogen and oxygen atoms in total. The molecule has 0 radical (unpaired) electrons. The highest BCUT2D eigenvalue weighted by Crippen LogP contribution is 2.48. The molecule has 0 aliphatic carbocycles. The monoisotopic (exact) mass is 450 g/mol. The van der Waals surface area contributed by atoms with E-state index >= 15 is 0 Å². The molecule has 1 unspecified atom stereocenters. The number of methoxy groups -OCH3 is 3. The smallest absolute Gasteiger partial charge is 0.226 e. The molecule has 0 fully saturated rings. The number of aromatic nitrogens is 3. The molecule has 1 N–H and O–H groups in total. The predicted molar refractivity (Wildman–Crippen MR) is 123 cm³/mol. The molecule has 164 valence electrons. The van der Waals surface area contributed by atoms with Crippen LogP contribution in [-0.2, 0) is 4.79 Å². The standard InChI is InChI=1S/C23H22N4O4S/c1-12-19-14(13-9-10-16(29-2)21(31-4)20(13)30-3)11-18(28)25-22(19)27(26-12)23-24-15-7-5-6-8-17(15)32-23/h5-10,14H,11H2,1-4H3,(H,25,28). The lowest BCUT2D eigenvalue weighted by Crippen LogP contribution is -2.25. The van der Waals surface area contributed by atoms with Gasteiger partial charge < -0.3 is 19.5 Å². The fraction of sp³-hybridized carbons (Fsp3) is 0.261. The van der Waals surface area contributed by atoms with E-state index in [0.717, 1.165) is 27.0 Å². The Morgan fingerprint density at radius 3 is 2.56 bits per heavy atom. The van der Waals surface area contributed by atoms with Crippen molar-refractivity contribution in [2.45, 2.75) is 19.3 Å². The van der Waals surface area contributed by atoms with E-state index in [1.165, 1.54) is 11.3 Å². The van der Waals surface area contributed by atoms with Crippen LogP contribution in [0.15, 0.2) is 36.4 Å². The molecule has 3 heterocycles. The number of nitrogens with one attached hydrogen (secondary N) is 1. The number of amides is 1. The number of para-hydroxylation sites is 1. The molecule has 1 atom stereocenters. The summed E-state index contributed by atoms with van der Waals surface area (Å²) in [4.78, 5) is 17.5. The van der Waals surface area contributed by atoms with Gasteiger partial charge in [0.25, 0.3) is 0 Å². The number of ether oxygens (including phenoxy) is 3. The van der Waals surface area contributed by atoms with Crippen LogP contribution in [0.5, 0.6) is 17.2 Å². The highest BCUT2D eigenvalue weighted by molar-refractivity contribution is 7.20. The van der Waals surface area contributed by atoms with Gasteiger partial charge in [-0.15, -0.1) is 0 Å². The van der Waals surface area contributed by atoms with Crippen molar-refractivity contribution in [2.24, 2.45) is 0 Å². The topological polar surface area (TPSA) is 87.5 Å². The number of thiazole rings is 1. The van der Waals surface area contributed by atoms with Crippen molar-refractivity contribution < 1.29 is 19.0 Å². The summed E-state index contributed by atoms with van der Waals surface area (Å²) in [5.74, 6) is 1.90. The Morgan fingerprint density at radius 2 is 1.84 bits per heavy atom. The average Bonchev–Trinajstić information content (AvgIpc) is 3.38. The second-order valence-electron chi connectivity index (χ2n) is 7.45. The average molecular weight is 451 g/mol. The minimum Gasteiger partial charge on any atom is -0.493 e. The zero-order valence-corrected chi connectivity index (χ0v) is 18.9. The first-order valence-corrected chi connectivity index (χ1v) is 10.9. The third-order valence-electron chi connectivity index (χ3n) is 5.68. The molecule has 2 aromatic carbocycles. The number of aryl methyl sites for hydroxylation is 1. The van der Waals surface area contributed by atoms with Gasteiger partial charge in [-0.05, 0) is 25.1 Å². The highest BCUT2D eigenvalue weighted by atomic mass is 32.1. The number of rotatable bonds is 5. The molecule has 32 heavy (non-hydrogen) atoms. The lowest BCUT2D eigenvalue weighted by Gasteiger charge is -2.26. The Balaban J connectivity index is 1.69. The molecule has 1 aliphatic rings. The van der Waals surface area contributed by atoms with Gasteiger partial charge in [-0.1, -0.05) is 29.5 Å². The minimum absolute atomic E-state index is 0.0957. The number of fused-ring (bicyclic) bond motifs is 2. The summed E-state index contributed by atoms with van der Waals surface area (Å²) >= 11 is 1.53. The van der Waals surface area contributed by atoms with Crippen LogP contribution in [0.3, 0.4) is 0 Å². The Labute approximate surface area is 188 Å². The second kappa shape index (κ2) is 7.83. The van der Waals surface area contributed by atoms with Crippen LogP contribution in [0.2, 0.25) is 0 Å². The molecule has 0 spiro atoms. The van der Waals surface area contributed by atoms with Crippen LogP contribution in [0, 0.1) is 6.92 Å². The number of carbonyl (C=O) groups is 1. The van der Waals surface area contributed by atoms with E-state index in [1.54, 1.807) is 26.0 Å². The normalized spacial score (nSPS) is 15.4. The van der Waals surface area contributed by atoms with Crippen LogP contribution >= 0.6 is 11.3 Å². The van der Waals surface area contributed by atoms with Gasteiger partial charge in [-0.3, -0.25) is 4.79 Å². The largest absolute Gasteiger partial charge is 0.493 e. The van der Waals surface area contributed by atoms with Gasteiger partial charge in [0.1, 0.15) is 5.82 Å². The van der Waals surface area contributed by atoms with E-state index in [9.17, 15) is 4.79 Å². The van der Waals surface area contributed by atoms with E-state index in [1.807, 2.05) is 43.3 Å². The number of carbonyl (C=O) groups excluding carboxylic acids is 1. The number of hydrogen-bond donors (Lipinski definition) is 1. The fourth-order valence-corrected chi connectivity index (χ4v) is 5.22. The van der Waals surface area contributed by atoms with E-state index in [-0.39, 0.29) is 18.2 Å². The highest BCUT2D eigenvalue weighted by Gasteiger charge is 2.36. The van der Waals surface area contributed by atoms with Crippen LogP contribution in [0.4, 0.5) is 5.82 Å². The number of anilines is 1. The molecule has 0 saturated carbocycles. The summed E-state index contributed by atoms with van der Waals surface area (Å²) in [6.45, 7) is 1.94. The Morgan fingerprint density at radius 1 is 1.06 bits per heavy atom. The van der Waals surface area contributed by atoms with Gasteiger partial charge in [-0.2, -0.15) is 9.78 Å². The van der Waals surface area contributed by atoms with Gasteiger partial charge in [0, 0.05) is 23.5 Å². The van der Waals surface area contributed by atoms with Gasteiger partial charge in [0.05, 0.1) is 37.2 Å². The molecule has 0 bridgehead atoms. The predicted octanol–water partition coefficient (Wildman–Crippen LogP) is 4.29. The van der Waals surface area contributed by atoms with Crippen LogP contribution in [0.1, 0.15) is 29.2 Å². The minimum atomic E-state index is -0.253. The van der Waals surface area contributed by atoms with E-state index in [4.69, 9.17) is 24.3 Å². The van der Waals surface area contributed by atoms with E-state index in [0.29, 0.717) is 28.2 Å². The first-order valence-electron chi connectivity index (χ1n) is 10.1. The summed E-state index contributed by atoms with van der Waals surface area (Å²) in [6.07, 6.45) is 0.269. The molecule has 4 aromatic rings. The number of hydrogen-bond acceptors (Lipinski definition) is 7. The molecule has 5 rings (SSSR count). The van der Waals surface area contributed by atoms with Gasteiger partial charge in [0.2, 0.25) is 16.8 Å². The molecule has 1 aliphatic heterocycles. The first kappa shape index (κ1) is 20.3. The Bertz CT molecular complexity index is 1310. The maximum absolute atomic E-state index is 12.8.